The highest BCUT2D eigenvalue weighted by Crippen LogP contribution is 2.66. The number of rotatable bonds is 4. The van der Waals surface area contributed by atoms with Gasteiger partial charge in [0, 0.05) is 24.6 Å². The monoisotopic (exact) mass is 480 g/mol. The van der Waals surface area contributed by atoms with Crippen LogP contribution in [0.25, 0.3) is 11.9 Å². The number of hydrogen-bond acceptors (Lipinski definition) is 7. The lowest BCUT2D eigenvalue weighted by molar-refractivity contribution is -0.130. The van der Waals surface area contributed by atoms with Crippen molar-refractivity contribution in [2.75, 3.05) is 13.1 Å². The molecule has 3 heterocycles. The van der Waals surface area contributed by atoms with Crippen molar-refractivity contribution in [1.29, 1.82) is 5.26 Å². The molecule has 34 heavy (non-hydrogen) atoms. The summed E-state index contributed by atoms with van der Waals surface area (Å²) in [7, 11) is 0. The number of amides is 1. The number of carbonyl (C=O) groups excluding carboxylic acids is 1. The van der Waals surface area contributed by atoms with Gasteiger partial charge in [-0.05, 0) is 50.0 Å². The van der Waals surface area contributed by atoms with Crippen molar-refractivity contribution in [3.8, 4) is 6.07 Å². The third-order valence-corrected chi connectivity index (χ3v) is 8.10. The Bertz CT molecular complexity index is 1270. The van der Waals surface area contributed by atoms with Crippen LogP contribution in [0, 0.1) is 23.1 Å². The van der Waals surface area contributed by atoms with Crippen molar-refractivity contribution in [2.24, 2.45) is 16.6 Å². The summed E-state index contributed by atoms with van der Waals surface area (Å²) in [5.74, 6) is -1.33. The Morgan fingerprint density at radius 2 is 2.09 bits per heavy atom. The Morgan fingerprint density at radius 1 is 1.32 bits per heavy atom. The van der Waals surface area contributed by atoms with Gasteiger partial charge in [-0.25, -0.2) is 18.7 Å². The van der Waals surface area contributed by atoms with E-state index in [1.807, 2.05) is 11.0 Å². The van der Waals surface area contributed by atoms with E-state index in [0.717, 1.165) is 25.9 Å². The number of likely N-dealkylation sites (tertiary alicyclic amines) is 1. The Labute approximate surface area is 199 Å². The maximum Gasteiger partial charge on any atom is 0.239 e. The van der Waals surface area contributed by atoms with E-state index < -0.39 is 21.9 Å². The second-order valence-electron chi connectivity index (χ2n) is 8.98. The van der Waals surface area contributed by atoms with Gasteiger partial charge in [0.05, 0.1) is 17.9 Å². The van der Waals surface area contributed by atoms with Crippen LogP contribution in [0.1, 0.15) is 48.7 Å². The average molecular weight is 481 g/mol. The Kier molecular flexibility index (Phi) is 5.40. The molecule has 1 saturated carbocycles. The summed E-state index contributed by atoms with van der Waals surface area (Å²) in [6.45, 7) is 3.25. The van der Waals surface area contributed by atoms with Crippen LogP contribution in [0.5, 0.6) is 0 Å². The maximum absolute atomic E-state index is 15.1. The second-order valence-corrected chi connectivity index (χ2v) is 10.3. The Balaban J connectivity index is 1.48. The number of aliphatic imine (C=N–C) groups is 1. The number of halogens is 2. The number of carbonyl (C=O) groups is 1. The van der Waals surface area contributed by atoms with Gasteiger partial charge >= 0.3 is 0 Å². The summed E-state index contributed by atoms with van der Waals surface area (Å²) < 4.78 is 29.2. The van der Waals surface area contributed by atoms with E-state index in [-0.39, 0.29) is 33.9 Å². The predicted molar refractivity (Wildman–Crippen MR) is 125 cm³/mol. The lowest BCUT2D eigenvalue weighted by atomic mass is 9.84. The number of nitriles is 1. The van der Waals surface area contributed by atoms with Gasteiger partial charge in [0.2, 0.25) is 5.91 Å². The van der Waals surface area contributed by atoms with E-state index >= 15 is 4.39 Å². The number of aromatic nitrogens is 2. The highest BCUT2D eigenvalue weighted by Gasteiger charge is 2.71. The molecule has 0 bridgehead atoms. The molecular formula is C24H22F2N6OS. The van der Waals surface area contributed by atoms with Crippen LogP contribution in [0.15, 0.2) is 35.6 Å². The number of benzene rings is 1. The lowest BCUT2D eigenvalue weighted by Crippen LogP contribution is -2.45. The molecule has 10 heteroatoms. The summed E-state index contributed by atoms with van der Waals surface area (Å²) in [5.41, 5.74) is 5.83. The first-order valence-corrected chi connectivity index (χ1v) is 11.8. The fourth-order valence-electron chi connectivity index (χ4n) is 4.99. The van der Waals surface area contributed by atoms with Crippen LogP contribution in [0.4, 0.5) is 8.78 Å². The van der Waals surface area contributed by atoms with E-state index in [1.165, 1.54) is 42.4 Å². The van der Waals surface area contributed by atoms with Crippen LogP contribution < -0.4 is 5.73 Å². The lowest BCUT2D eigenvalue weighted by Gasteiger charge is -2.35. The van der Waals surface area contributed by atoms with E-state index in [9.17, 15) is 9.18 Å². The number of thioether (sulfide) groups is 1. The summed E-state index contributed by atoms with van der Waals surface area (Å²) in [5, 5.41) is 9.08. The van der Waals surface area contributed by atoms with Crippen LogP contribution in [-0.4, -0.2) is 43.8 Å². The highest BCUT2D eigenvalue weighted by molar-refractivity contribution is 8.15. The van der Waals surface area contributed by atoms with Gasteiger partial charge in [0.15, 0.2) is 16.7 Å². The SMILES string of the molecule is C[C@]1(c2cc(C=C(F)c3cnc(C#N)cn3)ccc2F)N=C(N)S[C@@]2(C(=O)N3CCCC3)C[C@H]21. The Morgan fingerprint density at radius 3 is 2.76 bits per heavy atom. The van der Waals surface area contributed by atoms with E-state index in [4.69, 9.17) is 11.0 Å². The summed E-state index contributed by atoms with van der Waals surface area (Å²) in [6, 6.07) is 6.10. The van der Waals surface area contributed by atoms with Gasteiger partial charge in [-0.3, -0.25) is 9.79 Å². The zero-order valence-electron chi connectivity index (χ0n) is 18.5. The van der Waals surface area contributed by atoms with Gasteiger partial charge in [-0.15, -0.1) is 0 Å². The van der Waals surface area contributed by atoms with Gasteiger partial charge < -0.3 is 10.6 Å². The molecule has 3 atom stereocenters. The second kappa shape index (κ2) is 8.17. The van der Waals surface area contributed by atoms with Gasteiger partial charge in [0.25, 0.3) is 0 Å². The molecule has 0 radical (unpaired) electrons. The van der Waals surface area contributed by atoms with E-state index in [0.29, 0.717) is 12.0 Å². The van der Waals surface area contributed by atoms with E-state index in [2.05, 4.69) is 15.0 Å². The average Bonchev–Trinajstić information content (AvgIpc) is 3.33. The molecule has 2 N–H and O–H groups in total. The molecule has 1 aromatic carbocycles. The van der Waals surface area contributed by atoms with Crippen molar-refractivity contribution in [3.63, 3.8) is 0 Å². The fraction of sp³-hybridized carbons (Fsp3) is 0.375. The minimum Gasteiger partial charge on any atom is -0.378 e. The molecule has 0 unspecified atom stereocenters. The Hall–Kier alpha value is -3.32. The number of amidine groups is 1. The zero-order valence-corrected chi connectivity index (χ0v) is 19.3. The number of nitrogens with two attached hydrogens (primary N) is 1. The minimum absolute atomic E-state index is 0.0372. The molecule has 3 aliphatic rings. The van der Waals surface area contributed by atoms with Crippen molar-refractivity contribution < 1.29 is 13.6 Å². The predicted octanol–water partition coefficient (Wildman–Crippen LogP) is 3.61. The normalized spacial score (nSPS) is 28.2. The summed E-state index contributed by atoms with van der Waals surface area (Å²) in [6.07, 6.45) is 6.10. The van der Waals surface area contributed by atoms with Crippen molar-refractivity contribution in [3.05, 3.63) is 58.9 Å². The quantitative estimate of drug-likeness (QED) is 0.716. The van der Waals surface area contributed by atoms with Gasteiger partial charge in [-0.2, -0.15) is 5.26 Å². The third-order valence-electron chi connectivity index (χ3n) is 6.81. The molecule has 7 nitrogen and oxygen atoms in total. The van der Waals surface area contributed by atoms with Crippen LogP contribution in [0.3, 0.4) is 0 Å². The van der Waals surface area contributed by atoms with Crippen molar-refractivity contribution in [1.82, 2.24) is 14.9 Å². The van der Waals surface area contributed by atoms with Gasteiger partial charge in [0.1, 0.15) is 22.3 Å². The topological polar surface area (TPSA) is 108 Å². The molecule has 2 fully saturated rings. The van der Waals surface area contributed by atoms with Crippen LogP contribution >= 0.6 is 11.8 Å². The minimum atomic E-state index is -1.05. The molecule has 0 spiro atoms. The first-order chi connectivity index (χ1) is 16.3. The molecule has 5 rings (SSSR count). The van der Waals surface area contributed by atoms with E-state index in [1.54, 1.807) is 13.0 Å². The first-order valence-electron chi connectivity index (χ1n) is 11.0. The van der Waals surface area contributed by atoms with Crippen molar-refractivity contribution in [2.45, 2.75) is 36.5 Å². The van der Waals surface area contributed by atoms with Crippen LogP contribution in [0.2, 0.25) is 0 Å². The maximum atomic E-state index is 15.1. The number of fused-ring (bicyclic) bond motifs is 1. The fourth-order valence-corrected chi connectivity index (χ4v) is 6.44. The smallest absolute Gasteiger partial charge is 0.239 e. The van der Waals surface area contributed by atoms with Crippen LogP contribution in [-0.2, 0) is 10.3 Å². The largest absolute Gasteiger partial charge is 0.378 e. The summed E-state index contributed by atoms with van der Waals surface area (Å²) >= 11 is 1.28. The summed E-state index contributed by atoms with van der Waals surface area (Å²) in [4.78, 5) is 27.5. The molecule has 1 aliphatic carbocycles. The first kappa shape index (κ1) is 22.5. The van der Waals surface area contributed by atoms with Crippen molar-refractivity contribution >= 4 is 34.7 Å². The molecular weight excluding hydrogens is 458 g/mol. The molecule has 174 valence electrons. The standard InChI is InChI=1S/C24H22F2N6OS/c1-23(20-10-24(20,34-22(28)31-23)21(33)32-6-2-3-7-32)16-8-14(4-5-17(16)25)9-18(26)19-13-29-15(11-27)12-30-19/h4-5,8-9,12-13,20H,2-3,6-7,10H2,1H3,(H2,28,31)/t20-,23+,24-/m0/s1. The molecule has 1 saturated heterocycles. The molecule has 2 aliphatic heterocycles. The van der Waals surface area contributed by atoms with Gasteiger partial charge in [-0.1, -0.05) is 17.8 Å². The third kappa shape index (κ3) is 3.64. The highest BCUT2D eigenvalue weighted by atomic mass is 32.2. The molecule has 1 amide bonds. The molecule has 1 aromatic heterocycles. The number of nitrogens with zero attached hydrogens (tertiary/aromatic N) is 5. The zero-order chi connectivity index (χ0) is 24.1. The number of hydrogen-bond donors (Lipinski definition) is 1. The molecule has 2 aromatic rings.